The van der Waals surface area contributed by atoms with Crippen LogP contribution in [-0.4, -0.2) is 35.3 Å². The number of halogens is 1. The molecule has 1 heterocycles. The second-order valence-electron chi connectivity index (χ2n) is 5.75. The van der Waals surface area contributed by atoms with Crippen LogP contribution < -0.4 is 4.74 Å². The van der Waals surface area contributed by atoms with Crippen molar-refractivity contribution in [1.29, 1.82) is 5.26 Å². The van der Waals surface area contributed by atoms with Gasteiger partial charge in [-0.15, -0.1) is 0 Å². The van der Waals surface area contributed by atoms with Crippen LogP contribution in [0.2, 0.25) is 0 Å². The number of rotatable bonds is 5. The number of likely N-dealkylation sites (N-methyl/N-ethyl adjacent to an activating group) is 1. The van der Waals surface area contributed by atoms with Gasteiger partial charge in [0, 0.05) is 11.9 Å². The fraction of sp³-hybridized carbons (Fsp3) is 0.222. The maximum absolute atomic E-state index is 13.2. The van der Waals surface area contributed by atoms with E-state index in [2.05, 4.69) is 10.00 Å². The van der Waals surface area contributed by atoms with E-state index in [-0.39, 0.29) is 5.56 Å². The van der Waals surface area contributed by atoms with E-state index in [1.54, 1.807) is 6.20 Å². The minimum absolute atomic E-state index is 0.164. The van der Waals surface area contributed by atoms with Gasteiger partial charge in [0.2, 0.25) is 0 Å². The van der Waals surface area contributed by atoms with E-state index in [0.29, 0.717) is 11.5 Å². The predicted molar refractivity (Wildman–Crippen MR) is 89.5 cm³/mol. The Balaban J connectivity index is 1.86. The summed E-state index contributed by atoms with van der Waals surface area (Å²) < 4.78 is 20.9. The molecule has 6 heteroatoms. The van der Waals surface area contributed by atoms with Gasteiger partial charge in [-0.3, -0.25) is 4.68 Å². The molecular weight excluding hydrogens is 307 g/mol. The van der Waals surface area contributed by atoms with Gasteiger partial charge in [0.25, 0.3) is 0 Å². The summed E-state index contributed by atoms with van der Waals surface area (Å²) >= 11 is 0. The average molecular weight is 324 g/mol. The number of hydrogen-bond donors (Lipinski definition) is 0. The summed E-state index contributed by atoms with van der Waals surface area (Å²) in [5.41, 5.74) is 1.18. The normalized spacial score (nSPS) is 11.0. The van der Waals surface area contributed by atoms with Crippen LogP contribution in [0.1, 0.15) is 5.56 Å². The molecule has 122 valence electrons. The molecule has 0 saturated heterocycles. The Morgan fingerprint density at radius 3 is 2.83 bits per heavy atom. The zero-order chi connectivity index (χ0) is 17.1. The predicted octanol–water partition coefficient (Wildman–Crippen LogP) is 3.40. The molecule has 0 aliphatic heterocycles. The van der Waals surface area contributed by atoms with Gasteiger partial charge in [-0.1, -0.05) is 0 Å². The second-order valence-corrected chi connectivity index (χ2v) is 5.75. The van der Waals surface area contributed by atoms with Gasteiger partial charge in [-0.25, -0.2) is 4.39 Å². The highest BCUT2D eigenvalue weighted by Gasteiger charge is 2.09. The van der Waals surface area contributed by atoms with Crippen LogP contribution in [0.25, 0.3) is 10.9 Å². The summed E-state index contributed by atoms with van der Waals surface area (Å²) in [6.45, 7) is 1.70. The first-order chi connectivity index (χ1) is 11.6. The third-order valence-electron chi connectivity index (χ3n) is 3.66. The molecule has 0 amide bonds. The molecule has 0 spiro atoms. The first-order valence-electron chi connectivity index (χ1n) is 7.54. The lowest BCUT2D eigenvalue weighted by molar-refractivity contribution is 0.377. The number of hydrogen-bond acceptors (Lipinski definition) is 4. The number of nitriles is 1. The summed E-state index contributed by atoms with van der Waals surface area (Å²) in [6.07, 6.45) is 1.79. The van der Waals surface area contributed by atoms with Crippen molar-refractivity contribution in [2.75, 3.05) is 20.6 Å². The van der Waals surface area contributed by atoms with Crippen LogP contribution in [0, 0.1) is 17.1 Å². The van der Waals surface area contributed by atoms with E-state index >= 15 is 0 Å². The standard InChI is InChI=1S/C18H17FN4O/c1-22(2)7-8-23-17-5-4-16(10-14(17)12-21-23)24-18-6-3-15(19)9-13(18)11-20/h3-6,9-10,12H,7-8H2,1-2H3. The van der Waals surface area contributed by atoms with Crippen molar-refractivity contribution in [2.24, 2.45) is 0 Å². The van der Waals surface area contributed by atoms with Gasteiger partial charge in [-0.05, 0) is 50.5 Å². The molecule has 3 aromatic rings. The van der Waals surface area contributed by atoms with Gasteiger partial charge < -0.3 is 9.64 Å². The van der Waals surface area contributed by atoms with Crippen molar-refractivity contribution in [1.82, 2.24) is 14.7 Å². The number of ether oxygens (including phenoxy) is 1. The van der Waals surface area contributed by atoms with E-state index in [4.69, 9.17) is 10.00 Å². The molecular formula is C18H17FN4O. The number of aromatic nitrogens is 2. The Morgan fingerprint density at radius 1 is 1.25 bits per heavy atom. The summed E-state index contributed by atoms with van der Waals surface area (Å²) in [7, 11) is 4.04. The Morgan fingerprint density at radius 2 is 2.08 bits per heavy atom. The highest BCUT2D eigenvalue weighted by molar-refractivity contribution is 5.80. The van der Waals surface area contributed by atoms with Crippen LogP contribution in [0.3, 0.4) is 0 Å². The van der Waals surface area contributed by atoms with Crippen LogP contribution in [0.4, 0.5) is 4.39 Å². The molecule has 0 N–H and O–H groups in total. The molecule has 0 saturated carbocycles. The van der Waals surface area contributed by atoms with Crippen LogP contribution >= 0.6 is 0 Å². The lowest BCUT2D eigenvalue weighted by atomic mass is 10.2. The average Bonchev–Trinajstić information content (AvgIpc) is 2.97. The summed E-state index contributed by atoms with van der Waals surface area (Å²) in [5, 5.41) is 14.4. The zero-order valence-electron chi connectivity index (χ0n) is 13.5. The summed E-state index contributed by atoms with van der Waals surface area (Å²) in [5.74, 6) is 0.451. The number of benzene rings is 2. The van der Waals surface area contributed by atoms with Crippen molar-refractivity contribution in [3.05, 3.63) is 54.0 Å². The molecule has 0 fully saturated rings. The maximum atomic E-state index is 13.2. The van der Waals surface area contributed by atoms with E-state index in [1.807, 2.05) is 43.0 Å². The minimum Gasteiger partial charge on any atom is -0.456 e. The molecule has 0 aliphatic rings. The largest absolute Gasteiger partial charge is 0.456 e. The molecule has 0 bridgehead atoms. The first kappa shape index (κ1) is 16.0. The number of nitrogens with zero attached hydrogens (tertiary/aromatic N) is 4. The molecule has 0 unspecified atom stereocenters. The zero-order valence-corrected chi connectivity index (χ0v) is 13.5. The van der Waals surface area contributed by atoms with Gasteiger partial charge in [0.1, 0.15) is 23.4 Å². The highest BCUT2D eigenvalue weighted by atomic mass is 19.1. The monoisotopic (exact) mass is 324 g/mol. The molecule has 2 aromatic carbocycles. The van der Waals surface area contributed by atoms with Crippen molar-refractivity contribution in [3.63, 3.8) is 0 Å². The second kappa shape index (κ2) is 6.69. The molecule has 5 nitrogen and oxygen atoms in total. The Kier molecular flexibility index (Phi) is 4.45. The van der Waals surface area contributed by atoms with Gasteiger partial charge in [-0.2, -0.15) is 10.4 Å². The maximum Gasteiger partial charge on any atom is 0.145 e. The lowest BCUT2D eigenvalue weighted by Crippen LogP contribution is -2.18. The van der Waals surface area contributed by atoms with Gasteiger partial charge in [0.15, 0.2) is 0 Å². The molecule has 0 aliphatic carbocycles. The topological polar surface area (TPSA) is 54.1 Å². The van der Waals surface area contributed by atoms with Crippen molar-refractivity contribution in [3.8, 4) is 17.6 Å². The molecule has 3 rings (SSSR count). The van der Waals surface area contributed by atoms with Crippen molar-refractivity contribution < 1.29 is 9.13 Å². The summed E-state index contributed by atoms with van der Waals surface area (Å²) in [4.78, 5) is 2.10. The fourth-order valence-electron chi connectivity index (χ4n) is 2.41. The minimum atomic E-state index is -0.462. The SMILES string of the molecule is CN(C)CCn1ncc2cc(Oc3ccc(F)cc3C#N)ccc21. The van der Waals surface area contributed by atoms with E-state index in [0.717, 1.165) is 30.1 Å². The third kappa shape index (κ3) is 3.36. The molecule has 0 atom stereocenters. The van der Waals surface area contributed by atoms with Gasteiger partial charge >= 0.3 is 0 Å². The Bertz CT molecular complexity index is 911. The highest BCUT2D eigenvalue weighted by Crippen LogP contribution is 2.28. The lowest BCUT2D eigenvalue weighted by Gasteiger charge is -2.10. The van der Waals surface area contributed by atoms with Crippen LogP contribution in [-0.2, 0) is 6.54 Å². The van der Waals surface area contributed by atoms with Crippen molar-refractivity contribution in [2.45, 2.75) is 6.54 Å². The molecule has 1 aromatic heterocycles. The molecule has 0 radical (unpaired) electrons. The molecule has 24 heavy (non-hydrogen) atoms. The third-order valence-corrected chi connectivity index (χ3v) is 3.66. The smallest absolute Gasteiger partial charge is 0.145 e. The first-order valence-corrected chi connectivity index (χ1v) is 7.54. The fourth-order valence-corrected chi connectivity index (χ4v) is 2.41. The van der Waals surface area contributed by atoms with Crippen LogP contribution in [0.5, 0.6) is 11.5 Å². The summed E-state index contributed by atoms with van der Waals surface area (Å²) in [6, 6.07) is 11.4. The van der Waals surface area contributed by atoms with Crippen molar-refractivity contribution >= 4 is 10.9 Å². The van der Waals surface area contributed by atoms with E-state index in [1.165, 1.54) is 12.1 Å². The van der Waals surface area contributed by atoms with Gasteiger partial charge in [0.05, 0.1) is 23.8 Å². The Labute approximate surface area is 139 Å². The van der Waals surface area contributed by atoms with E-state index < -0.39 is 5.82 Å². The quantitative estimate of drug-likeness (QED) is 0.722. The van der Waals surface area contributed by atoms with E-state index in [9.17, 15) is 4.39 Å². The Hall–Kier alpha value is -2.91. The van der Waals surface area contributed by atoms with Crippen LogP contribution in [0.15, 0.2) is 42.6 Å². The number of fused-ring (bicyclic) bond motifs is 1.